The molecular weight excluding hydrogens is 314 g/mol. The molecule has 2 N–H and O–H groups in total. The van der Waals surface area contributed by atoms with Gasteiger partial charge in [0.2, 0.25) is 0 Å². The van der Waals surface area contributed by atoms with Crippen molar-refractivity contribution in [3.05, 3.63) is 54.1 Å². The largest absolute Gasteiger partial charge is 0.494 e. The standard InChI is InChI=1S/C19H15N5O/c1-2-25-13-9-7-12(8-10-13)24-18(21)14(11-20)17-19(24)23-16-6-4-3-5-15(16)22-17/h3-10H,2,21H2,1H3. The molecule has 0 atom stereocenters. The number of hydrogen-bond acceptors (Lipinski definition) is 5. The number of benzene rings is 2. The first-order valence-electron chi connectivity index (χ1n) is 7.93. The molecule has 25 heavy (non-hydrogen) atoms. The number of nitrogen functional groups attached to an aromatic ring is 1. The van der Waals surface area contributed by atoms with Gasteiger partial charge in [-0.25, -0.2) is 9.97 Å². The van der Waals surface area contributed by atoms with Crippen molar-refractivity contribution in [1.82, 2.24) is 14.5 Å². The highest BCUT2D eigenvalue weighted by molar-refractivity contribution is 5.93. The van der Waals surface area contributed by atoms with Crippen LogP contribution < -0.4 is 10.5 Å². The van der Waals surface area contributed by atoms with Crippen LogP contribution in [0.2, 0.25) is 0 Å². The van der Waals surface area contributed by atoms with Crippen LogP contribution in [0, 0.1) is 11.3 Å². The molecular formula is C19H15N5O. The van der Waals surface area contributed by atoms with Gasteiger partial charge in [0.05, 0.1) is 17.6 Å². The second-order valence-electron chi connectivity index (χ2n) is 5.52. The molecule has 4 rings (SSSR count). The molecule has 4 aromatic rings. The van der Waals surface area contributed by atoms with E-state index in [1.807, 2.05) is 55.5 Å². The van der Waals surface area contributed by atoms with Crippen LogP contribution in [0.4, 0.5) is 5.82 Å². The minimum Gasteiger partial charge on any atom is -0.494 e. The van der Waals surface area contributed by atoms with E-state index in [0.29, 0.717) is 29.2 Å². The Morgan fingerprint density at radius 1 is 1.08 bits per heavy atom. The summed E-state index contributed by atoms with van der Waals surface area (Å²) >= 11 is 0. The summed E-state index contributed by atoms with van der Waals surface area (Å²) in [6.07, 6.45) is 0. The van der Waals surface area contributed by atoms with Gasteiger partial charge in [-0.05, 0) is 43.3 Å². The summed E-state index contributed by atoms with van der Waals surface area (Å²) in [5.41, 5.74) is 9.94. The number of nitrogens with two attached hydrogens (primary N) is 1. The second-order valence-corrected chi connectivity index (χ2v) is 5.52. The molecule has 0 amide bonds. The summed E-state index contributed by atoms with van der Waals surface area (Å²) < 4.78 is 7.23. The molecule has 6 heteroatoms. The quantitative estimate of drug-likeness (QED) is 0.622. The lowest BCUT2D eigenvalue weighted by Crippen LogP contribution is -2.02. The Hall–Kier alpha value is -3.59. The monoisotopic (exact) mass is 329 g/mol. The Kier molecular flexibility index (Phi) is 3.47. The van der Waals surface area contributed by atoms with Crippen LogP contribution in [0.15, 0.2) is 48.5 Å². The highest BCUT2D eigenvalue weighted by Crippen LogP contribution is 2.30. The topological polar surface area (TPSA) is 89.8 Å². The third-order valence-electron chi connectivity index (χ3n) is 4.02. The highest BCUT2D eigenvalue weighted by atomic mass is 16.5. The first-order chi connectivity index (χ1) is 12.2. The predicted molar refractivity (Wildman–Crippen MR) is 96.7 cm³/mol. The van der Waals surface area contributed by atoms with Gasteiger partial charge in [0.25, 0.3) is 0 Å². The number of aromatic nitrogens is 3. The van der Waals surface area contributed by atoms with Crippen LogP contribution in [0.1, 0.15) is 12.5 Å². The minimum atomic E-state index is 0.331. The van der Waals surface area contributed by atoms with Gasteiger partial charge in [0, 0.05) is 5.69 Å². The molecule has 0 aliphatic carbocycles. The SMILES string of the molecule is CCOc1ccc(-n2c(N)c(C#N)c3nc4ccccc4nc32)cc1. The summed E-state index contributed by atoms with van der Waals surface area (Å²) in [5, 5.41) is 9.53. The first-order valence-corrected chi connectivity index (χ1v) is 7.93. The molecule has 0 fully saturated rings. The van der Waals surface area contributed by atoms with Crippen LogP contribution in [-0.4, -0.2) is 21.1 Å². The maximum Gasteiger partial charge on any atom is 0.167 e. The third-order valence-corrected chi connectivity index (χ3v) is 4.02. The Balaban J connectivity index is 2.01. The Morgan fingerprint density at radius 2 is 1.76 bits per heavy atom. The van der Waals surface area contributed by atoms with Crippen molar-refractivity contribution in [2.24, 2.45) is 0 Å². The third kappa shape index (κ3) is 2.34. The zero-order chi connectivity index (χ0) is 17.4. The summed E-state index contributed by atoms with van der Waals surface area (Å²) in [5.74, 6) is 1.11. The fraction of sp³-hybridized carbons (Fsp3) is 0.105. The number of nitriles is 1. The van der Waals surface area contributed by atoms with E-state index in [1.165, 1.54) is 0 Å². The molecule has 6 nitrogen and oxygen atoms in total. The zero-order valence-electron chi connectivity index (χ0n) is 13.6. The summed E-state index contributed by atoms with van der Waals surface area (Å²) in [4.78, 5) is 9.27. The molecule has 0 aliphatic rings. The van der Waals surface area contributed by atoms with Gasteiger partial charge in [-0.2, -0.15) is 5.26 Å². The van der Waals surface area contributed by atoms with Gasteiger partial charge in [0.15, 0.2) is 5.65 Å². The molecule has 122 valence electrons. The van der Waals surface area contributed by atoms with E-state index in [0.717, 1.165) is 22.5 Å². The molecule has 0 saturated heterocycles. The maximum absolute atomic E-state index is 9.53. The van der Waals surface area contributed by atoms with Gasteiger partial charge in [0.1, 0.15) is 28.7 Å². The van der Waals surface area contributed by atoms with Crippen LogP contribution in [0.5, 0.6) is 5.75 Å². The van der Waals surface area contributed by atoms with Crippen molar-refractivity contribution < 1.29 is 4.74 Å². The fourth-order valence-electron chi connectivity index (χ4n) is 2.89. The van der Waals surface area contributed by atoms with Gasteiger partial charge >= 0.3 is 0 Å². The fourth-order valence-corrected chi connectivity index (χ4v) is 2.89. The molecule has 2 aromatic carbocycles. The minimum absolute atomic E-state index is 0.331. The molecule has 0 spiro atoms. The number of para-hydroxylation sites is 2. The first kappa shape index (κ1) is 15.0. The molecule has 0 saturated carbocycles. The van der Waals surface area contributed by atoms with E-state index in [2.05, 4.69) is 16.0 Å². The van der Waals surface area contributed by atoms with Crippen LogP contribution in [-0.2, 0) is 0 Å². The Labute approximate surface area is 144 Å². The number of fused-ring (bicyclic) bond motifs is 2. The maximum atomic E-state index is 9.53. The number of hydrogen-bond donors (Lipinski definition) is 1. The highest BCUT2D eigenvalue weighted by Gasteiger charge is 2.19. The zero-order valence-corrected chi connectivity index (χ0v) is 13.6. The average Bonchev–Trinajstić information content (AvgIpc) is 2.91. The second kappa shape index (κ2) is 5.80. The number of ether oxygens (including phenoxy) is 1. The molecule has 0 bridgehead atoms. The van der Waals surface area contributed by atoms with Crippen molar-refractivity contribution in [3.8, 4) is 17.5 Å². The number of nitrogens with zero attached hydrogens (tertiary/aromatic N) is 4. The van der Waals surface area contributed by atoms with Crippen molar-refractivity contribution in [2.45, 2.75) is 6.92 Å². The lowest BCUT2D eigenvalue weighted by Gasteiger charge is -2.09. The van der Waals surface area contributed by atoms with Gasteiger partial charge in [-0.15, -0.1) is 0 Å². The molecule has 0 radical (unpaired) electrons. The molecule has 2 heterocycles. The van der Waals surface area contributed by atoms with Crippen molar-refractivity contribution in [2.75, 3.05) is 12.3 Å². The van der Waals surface area contributed by atoms with Gasteiger partial charge in [-0.1, -0.05) is 12.1 Å². The Bertz CT molecular complexity index is 1120. The molecule has 0 aliphatic heterocycles. The lowest BCUT2D eigenvalue weighted by atomic mass is 10.2. The van der Waals surface area contributed by atoms with E-state index < -0.39 is 0 Å². The number of anilines is 1. The summed E-state index contributed by atoms with van der Waals surface area (Å²) in [6, 6.07) is 17.2. The van der Waals surface area contributed by atoms with Crippen molar-refractivity contribution in [1.29, 1.82) is 5.26 Å². The normalized spacial score (nSPS) is 10.9. The van der Waals surface area contributed by atoms with Gasteiger partial charge in [-0.3, -0.25) is 4.57 Å². The molecule has 0 unspecified atom stereocenters. The van der Waals surface area contributed by atoms with Crippen LogP contribution in [0.3, 0.4) is 0 Å². The smallest absolute Gasteiger partial charge is 0.167 e. The predicted octanol–water partition coefficient (Wildman–Crippen LogP) is 3.43. The van der Waals surface area contributed by atoms with E-state index in [1.54, 1.807) is 4.57 Å². The van der Waals surface area contributed by atoms with Crippen LogP contribution >= 0.6 is 0 Å². The summed E-state index contributed by atoms with van der Waals surface area (Å²) in [7, 11) is 0. The van der Waals surface area contributed by atoms with Crippen molar-refractivity contribution in [3.63, 3.8) is 0 Å². The lowest BCUT2D eigenvalue weighted by molar-refractivity contribution is 0.340. The Morgan fingerprint density at radius 3 is 2.40 bits per heavy atom. The van der Waals surface area contributed by atoms with Crippen molar-refractivity contribution >= 4 is 28.0 Å². The number of rotatable bonds is 3. The average molecular weight is 329 g/mol. The van der Waals surface area contributed by atoms with E-state index in [9.17, 15) is 5.26 Å². The molecule has 2 aromatic heterocycles. The van der Waals surface area contributed by atoms with E-state index >= 15 is 0 Å². The van der Waals surface area contributed by atoms with Crippen LogP contribution in [0.25, 0.3) is 27.9 Å². The van der Waals surface area contributed by atoms with E-state index in [-0.39, 0.29) is 0 Å². The van der Waals surface area contributed by atoms with E-state index in [4.69, 9.17) is 10.5 Å². The van der Waals surface area contributed by atoms with Gasteiger partial charge < -0.3 is 10.5 Å². The summed E-state index contributed by atoms with van der Waals surface area (Å²) in [6.45, 7) is 2.54.